The Morgan fingerprint density at radius 2 is 1.95 bits per heavy atom. The van der Waals surface area contributed by atoms with Gasteiger partial charge in [0.1, 0.15) is 5.75 Å². The number of ether oxygens (including phenoxy) is 1. The van der Waals surface area contributed by atoms with Gasteiger partial charge < -0.3 is 10.1 Å². The Kier molecular flexibility index (Phi) is 4.92. The summed E-state index contributed by atoms with van der Waals surface area (Å²) in [5, 5.41) is 3.15. The van der Waals surface area contributed by atoms with Crippen molar-refractivity contribution in [2.75, 3.05) is 6.61 Å². The summed E-state index contributed by atoms with van der Waals surface area (Å²) in [4.78, 5) is 12.1. The van der Waals surface area contributed by atoms with Crippen LogP contribution < -0.4 is 10.1 Å². The van der Waals surface area contributed by atoms with Crippen LogP contribution in [0.25, 0.3) is 0 Å². The number of aryl methyl sites for hydroxylation is 2. The van der Waals surface area contributed by atoms with Gasteiger partial charge in [-0.15, -0.1) is 0 Å². The molecule has 1 aromatic carbocycles. The number of carbonyl (C=O) groups is 1. The summed E-state index contributed by atoms with van der Waals surface area (Å²) in [5.74, 6) is 1.52. The summed E-state index contributed by atoms with van der Waals surface area (Å²) in [7, 11) is 0. The molecule has 1 N–H and O–H groups in total. The molecule has 1 aromatic rings. The summed E-state index contributed by atoms with van der Waals surface area (Å²) >= 11 is 0. The Bertz CT molecular complexity index is 502. The van der Waals surface area contributed by atoms with E-state index in [1.807, 2.05) is 25.1 Å². The van der Waals surface area contributed by atoms with Crippen molar-refractivity contribution in [1.29, 1.82) is 0 Å². The number of carbonyl (C=O) groups excluding carboxylic acids is 1. The van der Waals surface area contributed by atoms with Crippen LogP contribution in [0.5, 0.6) is 5.75 Å². The molecule has 3 heteroatoms. The first-order valence-corrected chi connectivity index (χ1v) is 7.89. The molecular formula is C18H27NO2. The molecule has 0 unspecified atom stereocenters. The highest BCUT2D eigenvalue weighted by molar-refractivity contribution is 5.78. The maximum Gasteiger partial charge on any atom is 0.258 e. The van der Waals surface area contributed by atoms with Crippen LogP contribution in [-0.2, 0) is 4.79 Å². The van der Waals surface area contributed by atoms with Gasteiger partial charge in [0, 0.05) is 5.54 Å². The molecule has 116 valence electrons. The number of amides is 1. The normalized spacial score (nSPS) is 25.4. The van der Waals surface area contributed by atoms with E-state index in [1.54, 1.807) is 0 Å². The first-order chi connectivity index (χ1) is 9.88. The monoisotopic (exact) mass is 289 g/mol. The summed E-state index contributed by atoms with van der Waals surface area (Å²) < 4.78 is 5.60. The molecule has 1 saturated carbocycles. The zero-order chi connectivity index (χ0) is 15.5. The van der Waals surface area contributed by atoms with E-state index < -0.39 is 0 Å². The van der Waals surface area contributed by atoms with Gasteiger partial charge in [-0.1, -0.05) is 13.0 Å². The van der Waals surface area contributed by atoms with Gasteiger partial charge in [0.2, 0.25) is 0 Å². The van der Waals surface area contributed by atoms with Crippen LogP contribution in [0.2, 0.25) is 0 Å². The number of rotatable bonds is 4. The predicted octanol–water partition coefficient (Wildman–Crippen LogP) is 3.77. The first kappa shape index (κ1) is 15.9. The second-order valence-corrected chi connectivity index (χ2v) is 6.83. The largest absolute Gasteiger partial charge is 0.484 e. The third-order valence-corrected chi connectivity index (χ3v) is 4.67. The molecule has 0 heterocycles. The van der Waals surface area contributed by atoms with Gasteiger partial charge >= 0.3 is 0 Å². The lowest BCUT2D eigenvalue weighted by molar-refractivity contribution is -0.125. The fraction of sp³-hybridized carbons (Fsp3) is 0.611. The highest BCUT2D eigenvalue weighted by atomic mass is 16.5. The smallest absolute Gasteiger partial charge is 0.258 e. The molecule has 0 aromatic heterocycles. The molecule has 0 aliphatic heterocycles. The standard InChI is InChI=1S/C18H27NO2/c1-13-7-9-18(4,10-8-13)19-17(20)12-21-16-6-5-14(2)15(3)11-16/h5-6,11,13H,7-10,12H2,1-4H3,(H,19,20). The van der Waals surface area contributed by atoms with Crippen LogP contribution in [0.15, 0.2) is 18.2 Å². The van der Waals surface area contributed by atoms with Crippen molar-refractivity contribution >= 4 is 5.91 Å². The van der Waals surface area contributed by atoms with Crippen molar-refractivity contribution in [3.63, 3.8) is 0 Å². The van der Waals surface area contributed by atoms with Crippen LogP contribution >= 0.6 is 0 Å². The molecule has 21 heavy (non-hydrogen) atoms. The molecule has 1 fully saturated rings. The van der Waals surface area contributed by atoms with Crippen molar-refractivity contribution in [2.45, 2.75) is 58.9 Å². The number of benzene rings is 1. The first-order valence-electron chi connectivity index (χ1n) is 7.89. The summed E-state index contributed by atoms with van der Waals surface area (Å²) in [6, 6.07) is 5.92. The summed E-state index contributed by atoms with van der Waals surface area (Å²) in [6.45, 7) is 8.63. The molecule has 1 aliphatic rings. The molecule has 0 atom stereocenters. The second-order valence-electron chi connectivity index (χ2n) is 6.83. The van der Waals surface area contributed by atoms with Gasteiger partial charge in [-0.25, -0.2) is 0 Å². The van der Waals surface area contributed by atoms with Gasteiger partial charge in [-0.3, -0.25) is 4.79 Å². The molecule has 2 rings (SSSR count). The van der Waals surface area contributed by atoms with Crippen molar-refractivity contribution in [3.8, 4) is 5.75 Å². The summed E-state index contributed by atoms with van der Waals surface area (Å²) in [5.41, 5.74) is 2.35. The Morgan fingerprint density at radius 3 is 2.57 bits per heavy atom. The Morgan fingerprint density at radius 1 is 1.29 bits per heavy atom. The van der Waals surface area contributed by atoms with Gasteiger partial charge in [-0.05, 0) is 75.6 Å². The molecule has 3 nitrogen and oxygen atoms in total. The quantitative estimate of drug-likeness (QED) is 0.916. The van der Waals surface area contributed by atoms with Crippen LogP contribution in [0.3, 0.4) is 0 Å². The van der Waals surface area contributed by atoms with Crippen molar-refractivity contribution in [2.24, 2.45) is 5.92 Å². The van der Waals surface area contributed by atoms with Crippen LogP contribution in [0, 0.1) is 19.8 Å². The van der Waals surface area contributed by atoms with E-state index in [2.05, 4.69) is 26.1 Å². The molecule has 1 aliphatic carbocycles. The van der Waals surface area contributed by atoms with E-state index in [0.29, 0.717) is 0 Å². The highest BCUT2D eigenvalue weighted by Gasteiger charge is 2.30. The molecule has 0 saturated heterocycles. The fourth-order valence-electron chi connectivity index (χ4n) is 2.85. The van der Waals surface area contributed by atoms with E-state index in [9.17, 15) is 4.79 Å². The van der Waals surface area contributed by atoms with Gasteiger partial charge in [0.15, 0.2) is 6.61 Å². The third-order valence-electron chi connectivity index (χ3n) is 4.67. The van der Waals surface area contributed by atoms with Gasteiger partial charge in [-0.2, -0.15) is 0 Å². The van der Waals surface area contributed by atoms with Crippen LogP contribution in [0.4, 0.5) is 0 Å². The third kappa shape index (κ3) is 4.48. The number of hydrogen-bond donors (Lipinski definition) is 1. The van der Waals surface area contributed by atoms with E-state index in [1.165, 1.54) is 24.0 Å². The number of hydrogen-bond acceptors (Lipinski definition) is 2. The van der Waals surface area contributed by atoms with Crippen LogP contribution in [0.1, 0.15) is 50.7 Å². The Balaban J connectivity index is 1.83. The minimum atomic E-state index is -0.0594. The second kappa shape index (κ2) is 6.50. The van der Waals surface area contributed by atoms with Crippen molar-refractivity contribution < 1.29 is 9.53 Å². The topological polar surface area (TPSA) is 38.3 Å². The Hall–Kier alpha value is -1.51. The van der Waals surface area contributed by atoms with Gasteiger partial charge in [0.05, 0.1) is 0 Å². The molecule has 0 bridgehead atoms. The van der Waals surface area contributed by atoms with E-state index >= 15 is 0 Å². The molecule has 0 spiro atoms. The minimum absolute atomic E-state index is 0.0229. The van der Waals surface area contributed by atoms with Crippen molar-refractivity contribution in [1.82, 2.24) is 5.32 Å². The van der Waals surface area contributed by atoms with E-state index in [-0.39, 0.29) is 18.1 Å². The SMILES string of the molecule is Cc1ccc(OCC(=O)NC2(C)CCC(C)CC2)cc1C. The van der Waals surface area contributed by atoms with Crippen molar-refractivity contribution in [3.05, 3.63) is 29.3 Å². The van der Waals surface area contributed by atoms with E-state index in [0.717, 1.165) is 24.5 Å². The minimum Gasteiger partial charge on any atom is -0.484 e. The zero-order valence-corrected chi connectivity index (χ0v) is 13.7. The van der Waals surface area contributed by atoms with Crippen LogP contribution in [-0.4, -0.2) is 18.1 Å². The summed E-state index contributed by atoms with van der Waals surface area (Å²) in [6.07, 6.45) is 4.50. The molecular weight excluding hydrogens is 262 g/mol. The number of nitrogens with one attached hydrogen (secondary N) is 1. The average molecular weight is 289 g/mol. The van der Waals surface area contributed by atoms with E-state index in [4.69, 9.17) is 4.74 Å². The predicted molar refractivity (Wildman–Crippen MR) is 85.6 cm³/mol. The fourth-order valence-corrected chi connectivity index (χ4v) is 2.85. The lowest BCUT2D eigenvalue weighted by atomic mass is 9.78. The Labute approximate surface area is 128 Å². The average Bonchev–Trinajstić information content (AvgIpc) is 2.44. The maximum absolute atomic E-state index is 12.1. The lowest BCUT2D eigenvalue weighted by Crippen LogP contribution is -2.49. The maximum atomic E-state index is 12.1. The lowest BCUT2D eigenvalue weighted by Gasteiger charge is -2.37. The molecule has 1 amide bonds. The molecule has 0 radical (unpaired) electrons. The zero-order valence-electron chi connectivity index (χ0n) is 13.7. The van der Waals surface area contributed by atoms with Gasteiger partial charge in [0.25, 0.3) is 5.91 Å². The highest BCUT2D eigenvalue weighted by Crippen LogP contribution is 2.31.